The van der Waals surface area contributed by atoms with Gasteiger partial charge in [-0.1, -0.05) is 6.92 Å². The second-order valence-corrected chi connectivity index (χ2v) is 7.55. The van der Waals surface area contributed by atoms with Gasteiger partial charge in [-0.15, -0.1) is 0 Å². The zero-order valence-electron chi connectivity index (χ0n) is 12.0. The van der Waals surface area contributed by atoms with Crippen molar-refractivity contribution in [1.29, 1.82) is 0 Å². The lowest BCUT2D eigenvalue weighted by Gasteiger charge is -2.13. The van der Waals surface area contributed by atoms with Crippen LogP contribution in [-0.2, 0) is 14.8 Å². The minimum atomic E-state index is -3.54. The second kappa shape index (κ2) is 7.58. The lowest BCUT2D eigenvalue weighted by Crippen LogP contribution is -2.31. The second-order valence-electron chi connectivity index (χ2n) is 4.93. The molecule has 0 bridgehead atoms. The lowest BCUT2D eigenvalue weighted by molar-refractivity contribution is 0.114. The van der Waals surface area contributed by atoms with Gasteiger partial charge in [-0.05, 0) is 47.3 Å². The Balaban J connectivity index is 2.07. The minimum absolute atomic E-state index is 0.0222. The SMILES string of the molecule is CCCOc1cc(S(=O)(=O)NC[C@H]2CCCO2)ccc1Br. The van der Waals surface area contributed by atoms with E-state index in [0.29, 0.717) is 25.5 Å². The molecule has 118 valence electrons. The molecular weight excluding hydrogens is 358 g/mol. The van der Waals surface area contributed by atoms with Gasteiger partial charge in [-0.3, -0.25) is 0 Å². The fraction of sp³-hybridized carbons (Fsp3) is 0.571. The molecule has 1 heterocycles. The van der Waals surface area contributed by atoms with E-state index in [4.69, 9.17) is 9.47 Å². The van der Waals surface area contributed by atoms with Crippen molar-refractivity contribution in [2.45, 2.75) is 37.2 Å². The van der Waals surface area contributed by atoms with Crippen LogP contribution >= 0.6 is 15.9 Å². The summed E-state index contributed by atoms with van der Waals surface area (Å²) in [5, 5.41) is 0. The van der Waals surface area contributed by atoms with Gasteiger partial charge in [0.25, 0.3) is 0 Å². The number of sulfonamides is 1. The number of hydrogen-bond donors (Lipinski definition) is 1. The monoisotopic (exact) mass is 377 g/mol. The highest BCUT2D eigenvalue weighted by Crippen LogP contribution is 2.28. The molecule has 0 saturated carbocycles. The van der Waals surface area contributed by atoms with Gasteiger partial charge >= 0.3 is 0 Å². The average molecular weight is 378 g/mol. The van der Waals surface area contributed by atoms with Crippen molar-refractivity contribution in [3.05, 3.63) is 22.7 Å². The van der Waals surface area contributed by atoms with E-state index in [9.17, 15) is 8.42 Å². The number of benzene rings is 1. The van der Waals surface area contributed by atoms with Gasteiger partial charge in [-0.2, -0.15) is 0 Å². The van der Waals surface area contributed by atoms with Crippen LogP contribution in [0.3, 0.4) is 0 Å². The molecule has 0 aromatic heterocycles. The van der Waals surface area contributed by atoms with Crippen molar-refractivity contribution < 1.29 is 17.9 Å². The van der Waals surface area contributed by atoms with Crippen LogP contribution in [0.15, 0.2) is 27.6 Å². The first kappa shape index (κ1) is 16.7. The molecule has 7 heteroatoms. The first-order chi connectivity index (χ1) is 10.0. The predicted octanol–water partition coefficient (Wildman–Crippen LogP) is 2.70. The molecule has 0 amide bonds. The Morgan fingerprint density at radius 3 is 2.95 bits per heavy atom. The summed E-state index contributed by atoms with van der Waals surface area (Å²) in [5.41, 5.74) is 0. The topological polar surface area (TPSA) is 64.6 Å². The largest absolute Gasteiger partial charge is 0.492 e. The van der Waals surface area contributed by atoms with Crippen LogP contribution in [0.25, 0.3) is 0 Å². The molecule has 1 aromatic carbocycles. The first-order valence-electron chi connectivity index (χ1n) is 7.06. The third-order valence-electron chi connectivity index (χ3n) is 3.20. The summed E-state index contributed by atoms with van der Waals surface area (Å²) >= 11 is 3.36. The van der Waals surface area contributed by atoms with Gasteiger partial charge in [0.15, 0.2) is 0 Å². The number of rotatable bonds is 7. The predicted molar refractivity (Wildman–Crippen MR) is 84.1 cm³/mol. The summed E-state index contributed by atoms with van der Waals surface area (Å²) in [4.78, 5) is 0.204. The third kappa shape index (κ3) is 4.67. The molecule has 1 aliphatic rings. The summed E-state index contributed by atoms with van der Waals surface area (Å²) in [6, 6.07) is 4.78. The number of halogens is 1. The van der Waals surface area contributed by atoms with Gasteiger partial charge in [0.05, 0.1) is 22.1 Å². The maximum absolute atomic E-state index is 12.3. The Morgan fingerprint density at radius 2 is 2.29 bits per heavy atom. The maximum Gasteiger partial charge on any atom is 0.240 e. The standard InChI is InChI=1S/C14H20BrNO4S/c1-2-7-20-14-9-12(5-6-13(14)15)21(17,18)16-10-11-4-3-8-19-11/h5-6,9,11,16H,2-4,7-8,10H2,1H3/t11-/m1/s1. The van der Waals surface area contributed by atoms with E-state index in [2.05, 4.69) is 20.7 Å². The van der Waals surface area contributed by atoms with E-state index in [1.54, 1.807) is 12.1 Å². The van der Waals surface area contributed by atoms with Gasteiger partial charge in [0.2, 0.25) is 10.0 Å². The summed E-state index contributed by atoms with van der Waals surface area (Å²) in [5.74, 6) is 0.539. The molecule has 1 aromatic rings. The summed E-state index contributed by atoms with van der Waals surface area (Å²) in [6.45, 7) is 3.56. The molecule has 0 aliphatic carbocycles. The van der Waals surface area contributed by atoms with Crippen molar-refractivity contribution in [3.8, 4) is 5.75 Å². The Labute approximate surface area is 134 Å². The highest BCUT2D eigenvalue weighted by molar-refractivity contribution is 9.10. The minimum Gasteiger partial charge on any atom is -0.492 e. The van der Waals surface area contributed by atoms with Crippen LogP contribution in [0.4, 0.5) is 0 Å². The smallest absolute Gasteiger partial charge is 0.240 e. The Kier molecular flexibility index (Phi) is 6.04. The number of nitrogens with one attached hydrogen (secondary N) is 1. The lowest BCUT2D eigenvalue weighted by atomic mass is 10.2. The van der Waals surface area contributed by atoms with Crippen molar-refractivity contribution in [2.75, 3.05) is 19.8 Å². The van der Waals surface area contributed by atoms with Crippen LogP contribution in [-0.4, -0.2) is 34.3 Å². The molecular formula is C14H20BrNO4S. The van der Waals surface area contributed by atoms with E-state index in [1.165, 1.54) is 6.07 Å². The Morgan fingerprint density at radius 1 is 1.48 bits per heavy atom. The highest BCUT2D eigenvalue weighted by Gasteiger charge is 2.21. The average Bonchev–Trinajstić information content (AvgIpc) is 2.97. The van der Waals surface area contributed by atoms with Crippen molar-refractivity contribution in [3.63, 3.8) is 0 Å². The van der Waals surface area contributed by atoms with Crippen LogP contribution in [0.2, 0.25) is 0 Å². The third-order valence-corrected chi connectivity index (χ3v) is 5.28. The Bertz CT molecular complexity index is 570. The maximum atomic E-state index is 12.3. The number of hydrogen-bond acceptors (Lipinski definition) is 4. The van der Waals surface area contributed by atoms with E-state index in [1.807, 2.05) is 6.92 Å². The van der Waals surface area contributed by atoms with Gasteiger partial charge < -0.3 is 9.47 Å². The molecule has 0 spiro atoms. The van der Waals surface area contributed by atoms with Crippen LogP contribution in [0.5, 0.6) is 5.75 Å². The summed E-state index contributed by atoms with van der Waals surface area (Å²) in [6.07, 6.45) is 2.72. The van der Waals surface area contributed by atoms with Crippen molar-refractivity contribution in [1.82, 2.24) is 4.72 Å². The molecule has 1 fully saturated rings. The van der Waals surface area contributed by atoms with Gasteiger partial charge in [0.1, 0.15) is 5.75 Å². The molecule has 21 heavy (non-hydrogen) atoms. The highest BCUT2D eigenvalue weighted by atomic mass is 79.9. The molecule has 1 N–H and O–H groups in total. The van der Waals surface area contributed by atoms with Gasteiger partial charge in [-0.25, -0.2) is 13.1 Å². The fourth-order valence-corrected chi connectivity index (χ4v) is 3.51. The molecule has 2 rings (SSSR count). The number of ether oxygens (including phenoxy) is 2. The molecule has 1 aliphatic heterocycles. The molecule has 0 radical (unpaired) electrons. The van der Waals surface area contributed by atoms with E-state index in [-0.39, 0.29) is 11.0 Å². The van der Waals surface area contributed by atoms with Crippen LogP contribution < -0.4 is 9.46 Å². The zero-order chi connectivity index (χ0) is 15.3. The quantitative estimate of drug-likeness (QED) is 0.793. The Hall–Kier alpha value is -0.630. The van der Waals surface area contributed by atoms with Crippen molar-refractivity contribution >= 4 is 26.0 Å². The van der Waals surface area contributed by atoms with Crippen LogP contribution in [0.1, 0.15) is 26.2 Å². The summed E-state index contributed by atoms with van der Waals surface area (Å²) in [7, 11) is -3.54. The molecule has 0 unspecified atom stereocenters. The summed E-state index contributed by atoms with van der Waals surface area (Å²) < 4.78 is 38.9. The van der Waals surface area contributed by atoms with E-state index < -0.39 is 10.0 Å². The van der Waals surface area contributed by atoms with E-state index >= 15 is 0 Å². The molecule has 1 saturated heterocycles. The normalized spacial score (nSPS) is 18.9. The van der Waals surface area contributed by atoms with Gasteiger partial charge in [0, 0.05) is 19.2 Å². The zero-order valence-corrected chi connectivity index (χ0v) is 14.4. The van der Waals surface area contributed by atoms with Crippen LogP contribution in [0, 0.1) is 0 Å². The fourth-order valence-electron chi connectivity index (χ4n) is 2.06. The first-order valence-corrected chi connectivity index (χ1v) is 9.34. The molecule has 5 nitrogen and oxygen atoms in total. The van der Waals surface area contributed by atoms with Crippen molar-refractivity contribution in [2.24, 2.45) is 0 Å². The van der Waals surface area contributed by atoms with E-state index in [0.717, 1.165) is 23.7 Å². The molecule has 1 atom stereocenters.